The summed E-state index contributed by atoms with van der Waals surface area (Å²) in [6.07, 6.45) is 0. The summed E-state index contributed by atoms with van der Waals surface area (Å²) in [5.74, 6) is 0.679. The number of Topliss-reactive ketones (excluding diaryl/α,β-unsaturated/α-hetero) is 1. The number of rotatable bonds is 5. The Morgan fingerprint density at radius 1 is 1.08 bits per heavy atom. The van der Waals surface area contributed by atoms with Crippen LogP contribution in [0.2, 0.25) is 5.02 Å². The maximum absolute atomic E-state index is 12.1. The molecule has 2 aromatic carbocycles. The third-order valence-corrected chi connectivity index (χ3v) is 4.72. The first-order valence-electron chi connectivity index (χ1n) is 7.35. The molecule has 0 radical (unpaired) electrons. The van der Waals surface area contributed by atoms with Gasteiger partial charge in [-0.05, 0) is 61.4 Å². The van der Waals surface area contributed by atoms with E-state index < -0.39 is 0 Å². The molecule has 122 valence electrons. The number of aryl methyl sites for hydroxylation is 2. The summed E-state index contributed by atoms with van der Waals surface area (Å²) in [4.78, 5) is 12.1. The van der Waals surface area contributed by atoms with Crippen molar-refractivity contribution in [3.8, 4) is 11.5 Å². The Morgan fingerprint density at radius 3 is 2.54 bits per heavy atom. The highest BCUT2D eigenvalue weighted by Crippen LogP contribution is 2.25. The van der Waals surface area contributed by atoms with Gasteiger partial charge in [0.05, 0.1) is 5.75 Å². The largest absolute Gasteiger partial charge is 0.411 e. The molecule has 4 nitrogen and oxygen atoms in total. The fourth-order valence-corrected chi connectivity index (χ4v) is 2.89. The molecule has 0 bridgehead atoms. The minimum Gasteiger partial charge on any atom is -0.411 e. The van der Waals surface area contributed by atoms with Crippen LogP contribution in [-0.2, 0) is 0 Å². The molecule has 0 saturated carbocycles. The van der Waals surface area contributed by atoms with Crippen LogP contribution in [0.15, 0.2) is 52.1 Å². The molecule has 3 aromatic rings. The monoisotopic (exact) mass is 358 g/mol. The molecule has 1 heterocycles. The molecular weight excluding hydrogens is 344 g/mol. The lowest BCUT2D eigenvalue weighted by atomic mass is 10.1. The lowest BCUT2D eigenvalue weighted by Gasteiger charge is -2.01. The van der Waals surface area contributed by atoms with Gasteiger partial charge >= 0.3 is 0 Å². The Bertz CT molecular complexity index is 875. The van der Waals surface area contributed by atoms with E-state index in [1.165, 1.54) is 17.3 Å². The van der Waals surface area contributed by atoms with Gasteiger partial charge in [-0.25, -0.2) is 0 Å². The van der Waals surface area contributed by atoms with Gasteiger partial charge in [-0.3, -0.25) is 4.79 Å². The molecule has 6 heteroatoms. The molecule has 0 aliphatic rings. The number of nitrogens with zero attached hydrogens (tertiary/aromatic N) is 2. The van der Waals surface area contributed by atoms with E-state index >= 15 is 0 Å². The van der Waals surface area contributed by atoms with Crippen molar-refractivity contribution in [3.05, 3.63) is 64.2 Å². The number of hydrogen-bond donors (Lipinski definition) is 0. The number of thioether (sulfide) groups is 1. The Hall–Kier alpha value is -2.11. The second-order valence-corrected chi connectivity index (χ2v) is 6.75. The van der Waals surface area contributed by atoms with Gasteiger partial charge in [0.2, 0.25) is 5.89 Å². The quantitative estimate of drug-likeness (QED) is 0.475. The SMILES string of the molecule is Cc1ccc(-c2nnc(SCC(=O)c3ccc(Cl)cc3)o2)cc1C. The zero-order valence-electron chi connectivity index (χ0n) is 13.2. The smallest absolute Gasteiger partial charge is 0.277 e. The van der Waals surface area contributed by atoms with Crippen molar-refractivity contribution in [2.75, 3.05) is 5.75 Å². The summed E-state index contributed by atoms with van der Waals surface area (Å²) in [5, 5.41) is 9.04. The van der Waals surface area contributed by atoms with Crippen LogP contribution in [0, 0.1) is 13.8 Å². The van der Waals surface area contributed by atoms with Crippen molar-refractivity contribution in [2.45, 2.75) is 19.1 Å². The summed E-state index contributed by atoms with van der Waals surface area (Å²) in [6, 6.07) is 12.8. The lowest BCUT2D eigenvalue weighted by molar-refractivity contribution is 0.102. The third-order valence-electron chi connectivity index (χ3n) is 3.65. The Morgan fingerprint density at radius 2 is 1.83 bits per heavy atom. The fraction of sp³-hybridized carbons (Fsp3) is 0.167. The number of hydrogen-bond acceptors (Lipinski definition) is 5. The van der Waals surface area contributed by atoms with Crippen molar-refractivity contribution < 1.29 is 9.21 Å². The van der Waals surface area contributed by atoms with Crippen LogP contribution >= 0.6 is 23.4 Å². The van der Waals surface area contributed by atoms with Crippen LogP contribution < -0.4 is 0 Å². The second-order valence-electron chi connectivity index (χ2n) is 5.39. The van der Waals surface area contributed by atoms with Crippen molar-refractivity contribution in [1.82, 2.24) is 10.2 Å². The average molecular weight is 359 g/mol. The number of benzene rings is 2. The van der Waals surface area contributed by atoms with Gasteiger partial charge in [0.1, 0.15) is 0 Å². The number of carbonyl (C=O) groups is 1. The van der Waals surface area contributed by atoms with Crippen LogP contribution in [-0.4, -0.2) is 21.7 Å². The first kappa shape index (κ1) is 16.7. The Balaban J connectivity index is 1.66. The lowest BCUT2D eigenvalue weighted by Crippen LogP contribution is -2.01. The van der Waals surface area contributed by atoms with E-state index in [0.717, 1.165) is 11.1 Å². The first-order valence-corrected chi connectivity index (χ1v) is 8.72. The topological polar surface area (TPSA) is 56.0 Å². The molecule has 24 heavy (non-hydrogen) atoms. The fourth-order valence-electron chi connectivity index (χ4n) is 2.11. The molecule has 0 fully saturated rings. The predicted octanol–water partition coefficient (Wildman–Crippen LogP) is 4.98. The van der Waals surface area contributed by atoms with E-state index in [0.29, 0.717) is 21.7 Å². The minimum absolute atomic E-state index is 0.0115. The van der Waals surface area contributed by atoms with E-state index in [2.05, 4.69) is 17.1 Å². The van der Waals surface area contributed by atoms with Crippen LogP contribution in [0.1, 0.15) is 21.5 Å². The Labute approximate surface area is 149 Å². The highest BCUT2D eigenvalue weighted by atomic mass is 35.5. The van der Waals surface area contributed by atoms with Crippen molar-refractivity contribution in [3.63, 3.8) is 0 Å². The van der Waals surface area contributed by atoms with Crippen LogP contribution in [0.5, 0.6) is 0 Å². The van der Waals surface area contributed by atoms with Gasteiger partial charge in [0.15, 0.2) is 5.78 Å². The molecule has 0 aliphatic heterocycles. The summed E-state index contributed by atoms with van der Waals surface area (Å²) in [7, 11) is 0. The summed E-state index contributed by atoms with van der Waals surface area (Å²) in [5.41, 5.74) is 3.86. The number of ketones is 1. The van der Waals surface area contributed by atoms with Gasteiger partial charge in [-0.15, -0.1) is 10.2 Å². The summed E-state index contributed by atoms with van der Waals surface area (Å²) >= 11 is 7.05. The van der Waals surface area contributed by atoms with Crippen LogP contribution in [0.4, 0.5) is 0 Å². The standard InChI is InChI=1S/C18H15ClN2O2S/c1-11-3-4-14(9-12(11)2)17-20-21-18(23-17)24-10-16(22)13-5-7-15(19)8-6-13/h3-9H,10H2,1-2H3. The third kappa shape index (κ3) is 3.86. The van der Waals surface area contributed by atoms with Gasteiger partial charge in [0, 0.05) is 16.1 Å². The predicted molar refractivity (Wildman–Crippen MR) is 95.7 cm³/mol. The highest BCUT2D eigenvalue weighted by molar-refractivity contribution is 7.99. The normalized spacial score (nSPS) is 10.8. The molecule has 0 aliphatic carbocycles. The van der Waals surface area contributed by atoms with E-state index in [-0.39, 0.29) is 11.5 Å². The van der Waals surface area contributed by atoms with E-state index in [4.69, 9.17) is 16.0 Å². The van der Waals surface area contributed by atoms with Crippen molar-refractivity contribution >= 4 is 29.1 Å². The Kier molecular flexibility index (Phi) is 5.02. The summed E-state index contributed by atoms with van der Waals surface area (Å²) in [6.45, 7) is 4.09. The maximum atomic E-state index is 12.1. The number of aromatic nitrogens is 2. The van der Waals surface area contributed by atoms with Crippen LogP contribution in [0.3, 0.4) is 0 Å². The van der Waals surface area contributed by atoms with E-state index in [1.54, 1.807) is 24.3 Å². The molecule has 0 saturated heterocycles. The molecule has 3 rings (SSSR count). The molecule has 1 aromatic heterocycles. The number of halogens is 1. The van der Waals surface area contributed by atoms with Crippen molar-refractivity contribution in [1.29, 1.82) is 0 Å². The molecule has 0 unspecified atom stereocenters. The minimum atomic E-state index is -0.0115. The average Bonchev–Trinajstić information content (AvgIpc) is 3.05. The molecular formula is C18H15ClN2O2S. The van der Waals surface area contributed by atoms with E-state index in [1.807, 2.05) is 25.1 Å². The van der Waals surface area contributed by atoms with Crippen molar-refractivity contribution in [2.24, 2.45) is 0 Å². The highest BCUT2D eigenvalue weighted by Gasteiger charge is 2.13. The summed E-state index contributed by atoms with van der Waals surface area (Å²) < 4.78 is 5.64. The van der Waals surface area contributed by atoms with Gasteiger partial charge < -0.3 is 4.42 Å². The maximum Gasteiger partial charge on any atom is 0.277 e. The molecule has 0 amide bonds. The zero-order valence-corrected chi connectivity index (χ0v) is 14.8. The van der Waals surface area contributed by atoms with E-state index in [9.17, 15) is 4.79 Å². The first-order chi connectivity index (χ1) is 11.5. The zero-order chi connectivity index (χ0) is 17.1. The number of carbonyl (C=O) groups excluding carboxylic acids is 1. The van der Waals surface area contributed by atoms with Gasteiger partial charge in [-0.2, -0.15) is 0 Å². The van der Waals surface area contributed by atoms with Crippen LogP contribution in [0.25, 0.3) is 11.5 Å². The van der Waals surface area contributed by atoms with Gasteiger partial charge in [0.25, 0.3) is 5.22 Å². The second kappa shape index (κ2) is 7.20. The molecule has 0 N–H and O–H groups in total. The molecule has 0 spiro atoms. The molecule has 0 atom stereocenters. The van der Waals surface area contributed by atoms with Gasteiger partial charge in [-0.1, -0.05) is 29.4 Å².